The molecule has 2 bridgehead atoms. The van der Waals surface area contributed by atoms with E-state index >= 15 is 0 Å². The molecule has 158 valence electrons. The fourth-order valence-electron chi connectivity index (χ4n) is 6.06. The monoisotopic (exact) mass is 442 g/mol. The van der Waals surface area contributed by atoms with Gasteiger partial charge in [-0.2, -0.15) is 5.01 Å². The Morgan fingerprint density at radius 2 is 1.53 bits per heavy atom. The van der Waals surface area contributed by atoms with E-state index in [4.69, 9.17) is 11.6 Å². The topological polar surface area (TPSA) is 66.5 Å². The van der Waals surface area contributed by atoms with Gasteiger partial charge in [-0.3, -0.25) is 19.8 Å². The smallest absolute Gasteiger partial charge is 0.270 e. The van der Waals surface area contributed by atoms with Gasteiger partial charge < -0.3 is 0 Å². The van der Waals surface area contributed by atoms with Crippen molar-refractivity contribution < 1.29 is 14.4 Å². The summed E-state index contributed by atoms with van der Waals surface area (Å²) in [6.07, 6.45) is 0. The molecule has 4 aliphatic rings. The van der Waals surface area contributed by atoms with E-state index in [2.05, 4.69) is 29.7 Å². The molecule has 5 nitrogen and oxygen atoms in total. The molecule has 3 aliphatic carbocycles. The predicted octanol–water partition coefficient (Wildman–Crippen LogP) is 4.05. The third kappa shape index (κ3) is 2.32. The number of nitrogens with one attached hydrogen (secondary N) is 1. The highest BCUT2D eigenvalue weighted by Crippen LogP contribution is 2.63. The van der Waals surface area contributed by atoms with Crippen LogP contribution in [-0.4, -0.2) is 22.7 Å². The summed E-state index contributed by atoms with van der Waals surface area (Å²) in [5.41, 5.74) is 6.50. The molecular formula is C26H19ClN2O3. The Morgan fingerprint density at radius 1 is 0.906 bits per heavy atom. The van der Waals surface area contributed by atoms with Crippen LogP contribution in [-0.2, 0) is 15.0 Å². The molecule has 7 rings (SSSR count). The molecule has 0 aromatic heterocycles. The zero-order valence-electron chi connectivity index (χ0n) is 17.2. The fourth-order valence-corrected chi connectivity index (χ4v) is 6.25. The van der Waals surface area contributed by atoms with Crippen molar-refractivity contribution >= 4 is 29.3 Å². The summed E-state index contributed by atoms with van der Waals surface area (Å²) in [4.78, 5) is 40.1. The molecule has 0 spiro atoms. The molecule has 32 heavy (non-hydrogen) atoms. The quantitative estimate of drug-likeness (QED) is 0.609. The molecule has 3 aromatic rings. The van der Waals surface area contributed by atoms with Crippen LogP contribution in [0.1, 0.15) is 45.5 Å². The molecule has 3 aromatic carbocycles. The molecule has 6 heteroatoms. The average molecular weight is 443 g/mol. The molecule has 1 heterocycles. The summed E-state index contributed by atoms with van der Waals surface area (Å²) in [7, 11) is 0. The van der Waals surface area contributed by atoms with E-state index in [1.54, 1.807) is 18.2 Å². The number of amides is 3. The lowest BCUT2D eigenvalue weighted by Crippen LogP contribution is -2.52. The van der Waals surface area contributed by atoms with Crippen molar-refractivity contribution in [1.82, 2.24) is 10.4 Å². The van der Waals surface area contributed by atoms with Crippen molar-refractivity contribution in [3.63, 3.8) is 0 Å². The predicted molar refractivity (Wildman–Crippen MR) is 119 cm³/mol. The lowest BCUT2D eigenvalue weighted by molar-refractivity contribution is -0.143. The average Bonchev–Trinajstić information content (AvgIpc) is 3.05. The van der Waals surface area contributed by atoms with Crippen LogP contribution in [0.4, 0.5) is 0 Å². The highest BCUT2D eigenvalue weighted by Gasteiger charge is 2.66. The highest BCUT2D eigenvalue weighted by molar-refractivity contribution is 6.31. The summed E-state index contributed by atoms with van der Waals surface area (Å²) >= 11 is 6.00. The molecule has 1 fully saturated rings. The van der Waals surface area contributed by atoms with E-state index in [1.807, 2.05) is 31.2 Å². The third-order valence-corrected chi connectivity index (χ3v) is 7.58. The van der Waals surface area contributed by atoms with Crippen LogP contribution in [0.3, 0.4) is 0 Å². The summed E-state index contributed by atoms with van der Waals surface area (Å²) in [6, 6.07) is 22.5. The van der Waals surface area contributed by atoms with E-state index < -0.39 is 23.2 Å². The van der Waals surface area contributed by atoms with Crippen LogP contribution >= 0.6 is 11.6 Å². The number of carbonyl (C=O) groups excluding carboxylic acids is 3. The first kappa shape index (κ1) is 19.3. The zero-order valence-corrected chi connectivity index (χ0v) is 18.0. The number of hydrazine groups is 1. The van der Waals surface area contributed by atoms with Crippen molar-refractivity contribution in [1.29, 1.82) is 0 Å². The number of nitrogens with zero attached hydrogens (tertiary/aromatic N) is 1. The van der Waals surface area contributed by atoms with Crippen molar-refractivity contribution in [3.8, 4) is 0 Å². The molecule has 3 amide bonds. The Morgan fingerprint density at radius 3 is 2.16 bits per heavy atom. The van der Waals surface area contributed by atoms with Crippen LogP contribution < -0.4 is 5.43 Å². The van der Waals surface area contributed by atoms with Gasteiger partial charge in [0.2, 0.25) is 0 Å². The Hall–Kier alpha value is -3.44. The maximum atomic E-state index is 13.7. The normalized spacial score (nSPS) is 27.1. The molecule has 1 aliphatic heterocycles. The number of hydrogen-bond donors (Lipinski definition) is 1. The summed E-state index contributed by atoms with van der Waals surface area (Å²) in [5, 5.41) is 1.34. The second-order valence-corrected chi connectivity index (χ2v) is 9.26. The van der Waals surface area contributed by atoms with Crippen LogP contribution in [0.2, 0.25) is 5.02 Å². The minimum absolute atomic E-state index is 0.223. The maximum absolute atomic E-state index is 13.7. The summed E-state index contributed by atoms with van der Waals surface area (Å²) in [6.45, 7) is 2.05. The van der Waals surface area contributed by atoms with E-state index in [0.29, 0.717) is 5.02 Å². The Bertz CT molecular complexity index is 1290. The number of hydrogen-bond acceptors (Lipinski definition) is 3. The van der Waals surface area contributed by atoms with Crippen LogP contribution in [0.5, 0.6) is 0 Å². The second-order valence-electron chi connectivity index (χ2n) is 8.82. The largest absolute Gasteiger partial charge is 0.272 e. The molecule has 1 N–H and O–H groups in total. The number of carbonyl (C=O) groups is 3. The minimum Gasteiger partial charge on any atom is -0.272 e. The minimum atomic E-state index is -0.658. The van der Waals surface area contributed by atoms with Crippen molar-refractivity contribution in [2.24, 2.45) is 11.8 Å². The molecule has 1 saturated heterocycles. The van der Waals surface area contributed by atoms with Gasteiger partial charge in [0.15, 0.2) is 0 Å². The van der Waals surface area contributed by atoms with Crippen LogP contribution in [0, 0.1) is 11.8 Å². The Labute approximate surface area is 190 Å². The molecule has 0 unspecified atom stereocenters. The van der Waals surface area contributed by atoms with Gasteiger partial charge in [0.05, 0.1) is 11.8 Å². The van der Waals surface area contributed by atoms with Gasteiger partial charge in [0.25, 0.3) is 17.7 Å². The first-order valence-electron chi connectivity index (χ1n) is 10.6. The van der Waals surface area contributed by atoms with Gasteiger partial charge in [-0.05, 0) is 40.5 Å². The first-order chi connectivity index (χ1) is 15.4. The molecule has 0 radical (unpaired) electrons. The lowest BCUT2D eigenvalue weighted by Gasteiger charge is -2.52. The zero-order chi connectivity index (χ0) is 22.2. The van der Waals surface area contributed by atoms with Crippen LogP contribution in [0.25, 0.3) is 0 Å². The number of imide groups is 1. The van der Waals surface area contributed by atoms with E-state index in [1.165, 1.54) is 6.07 Å². The van der Waals surface area contributed by atoms with Crippen molar-refractivity contribution in [3.05, 3.63) is 106 Å². The van der Waals surface area contributed by atoms with Gasteiger partial charge in [0.1, 0.15) is 0 Å². The van der Waals surface area contributed by atoms with Crippen molar-refractivity contribution in [2.45, 2.75) is 18.3 Å². The summed E-state index contributed by atoms with van der Waals surface area (Å²) < 4.78 is 0. The van der Waals surface area contributed by atoms with E-state index in [-0.39, 0.29) is 23.3 Å². The van der Waals surface area contributed by atoms with E-state index in [9.17, 15) is 14.4 Å². The van der Waals surface area contributed by atoms with Gasteiger partial charge in [-0.15, -0.1) is 0 Å². The fraction of sp³-hybridized carbons (Fsp3) is 0.192. The molecule has 2 atom stereocenters. The van der Waals surface area contributed by atoms with Gasteiger partial charge in [0, 0.05) is 21.9 Å². The van der Waals surface area contributed by atoms with Gasteiger partial charge in [-0.25, -0.2) is 0 Å². The van der Waals surface area contributed by atoms with Gasteiger partial charge in [-0.1, -0.05) is 73.1 Å². The molecular weight excluding hydrogens is 424 g/mol. The first-order valence-corrected chi connectivity index (χ1v) is 10.9. The van der Waals surface area contributed by atoms with Gasteiger partial charge >= 0.3 is 0 Å². The number of rotatable bonds is 2. The Kier molecular flexibility index (Phi) is 3.93. The third-order valence-electron chi connectivity index (χ3n) is 7.34. The number of benzene rings is 3. The standard InChI is InChI=1S/C26H19ClN2O3/c1-26-18-11-4-2-9-16(18)20(17-10-3-5-12-19(17)26)21-22(26)25(32)29(24(21)31)28-23(30)14-7-6-8-15(27)13-14/h2-13,20-22H,1H3,(H,28,30)/t20?,21-,22-,26?/m1/s1. The second kappa shape index (κ2) is 6.53. The Balaban J connectivity index is 1.46. The highest BCUT2D eigenvalue weighted by atomic mass is 35.5. The lowest BCUT2D eigenvalue weighted by atomic mass is 9.48. The summed E-state index contributed by atoms with van der Waals surface area (Å²) in [5.74, 6) is -2.64. The van der Waals surface area contributed by atoms with Crippen LogP contribution in [0.15, 0.2) is 72.8 Å². The number of halogens is 1. The maximum Gasteiger partial charge on any atom is 0.270 e. The SMILES string of the molecule is CC12c3ccccc3C(c3ccccc31)[C@H]1C(=O)N(NC(=O)c3cccc(Cl)c3)C(=O)[C@@H]12. The van der Waals surface area contributed by atoms with E-state index in [0.717, 1.165) is 27.3 Å². The molecule has 0 saturated carbocycles. The van der Waals surface area contributed by atoms with Crippen molar-refractivity contribution in [2.75, 3.05) is 0 Å².